The second-order valence-corrected chi connectivity index (χ2v) is 5.62. The van der Waals surface area contributed by atoms with E-state index in [1.54, 1.807) is 11.8 Å². The van der Waals surface area contributed by atoms with Crippen LogP contribution in [-0.4, -0.2) is 76.2 Å². The molecule has 8 nitrogen and oxygen atoms in total. The lowest BCUT2D eigenvalue weighted by atomic mass is 10.0. The molecule has 3 atom stereocenters. The minimum atomic E-state index is -1.11. The molecule has 21 heavy (non-hydrogen) atoms. The number of carbonyl (C=O) groups excluding carboxylic acids is 2. The fourth-order valence-corrected chi connectivity index (χ4v) is 2.85. The predicted molar refractivity (Wildman–Crippen MR) is 72.5 cm³/mol. The highest BCUT2D eigenvalue weighted by molar-refractivity contribution is 5.91. The van der Waals surface area contributed by atoms with Crippen molar-refractivity contribution in [2.75, 3.05) is 26.2 Å². The number of carboxylic acid groups (broad SMARTS) is 1. The molecule has 0 aromatic carbocycles. The number of urea groups is 1. The van der Waals surface area contributed by atoms with Crippen molar-refractivity contribution >= 4 is 17.9 Å². The highest BCUT2D eigenvalue weighted by atomic mass is 16.4. The van der Waals surface area contributed by atoms with Gasteiger partial charge in [0.1, 0.15) is 6.04 Å². The minimum absolute atomic E-state index is 0.0329. The number of hydrogen-bond donors (Lipinski definition) is 3. The van der Waals surface area contributed by atoms with Crippen molar-refractivity contribution in [3.8, 4) is 0 Å². The molecule has 2 fully saturated rings. The van der Waals surface area contributed by atoms with Gasteiger partial charge in [-0.25, -0.2) is 4.79 Å². The van der Waals surface area contributed by atoms with Crippen LogP contribution in [-0.2, 0) is 9.59 Å². The van der Waals surface area contributed by atoms with E-state index in [1.165, 1.54) is 4.90 Å². The number of aliphatic hydroxyl groups excluding tert-OH is 1. The summed E-state index contributed by atoms with van der Waals surface area (Å²) in [4.78, 5) is 38.1. The van der Waals surface area contributed by atoms with Crippen molar-refractivity contribution in [2.45, 2.75) is 31.9 Å². The van der Waals surface area contributed by atoms with Gasteiger partial charge < -0.3 is 25.3 Å². The van der Waals surface area contributed by atoms with Gasteiger partial charge in [-0.2, -0.15) is 0 Å². The van der Waals surface area contributed by atoms with Gasteiger partial charge in [0.15, 0.2) is 0 Å². The number of nitrogens with one attached hydrogen (secondary N) is 1. The first kappa shape index (κ1) is 15.6. The van der Waals surface area contributed by atoms with Crippen molar-refractivity contribution in [2.24, 2.45) is 5.92 Å². The largest absolute Gasteiger partial charge is 0.481 e. The van der Waals surface area contributed by atoms with Crippen LogP contribution in [0.2, 0.25) is 0 Å². The summed E-state index contributed by atoms with van der Waals surface area (Å²) in [5.74, 6) is -1.51. The summed E-state index contributed by atoms with van der Waals surface area (Å²) in [7, 11) is 0. The van der Waals surface area contributed by atoms with E-state index in [9.17, 15) is 19.5 Å². The number of amides is 3. The number of piperazine rings is 1. The van der Waals surface area contributed by atoms with Gasteiger partial charge in [0, 0.05) is 32.1 Å². The molecule has 0 saturated carbocycles. The average molecular weight is 299 g/mol. The summed E-state index contributed by atoms with van der Waals surface area (Å²) in [6.45, 7) is 3.29. The first-order chi connectivity index (χ1) is 9.90. The predicted octanol–water partition coefficient (Wildman–Crippen LogP) is -0.916. The van der Waals surface area contributed by atoms with Gasteiger partial charge in [-0.05, 0) is 13.3 Å². The van der Waals surface area contributed by atoms with E-state index >= 15 is 0 Å². The number of aliphatic carboxylic acids is 1. The van der Waals surface area contributed by atoms with E-state index in [4.69, 9.17) is 5.11 Å². The molecule has 0 aromatic rings. The van der Waals surface area contributed by atoms with Gasteiger partial charge in [-0.15, -0.1) is 0 Å². The maximum atomic E-state index is 12.5. The van der Waals surface area contributed by atoms with Crippen LogP contribution in [0.1, 0.15) is 19.8 Å². The van der Waals surface area contributed by atoms with Crippen molar-refractivity contribution in [3.63, 3.8) is 0 Å². The standard InChI is InChI=1S/C13H21N3O5/c1-8(17)9-2-4-15(7-9)13(21)16-5-3-14-12(20)10(16)6-11(18)19/h8-10,17H,2-7H2,1H3,(H,14,20)(H,18,19). The lowest BCUT2D eigenvalue weighted by molar-refractivity contribution is -0.142. The Kier molecular flexibility index (Phi) is 4.66. The summed E-state index contributed by atoms with van der Waals surface area (Å²) >= 11 is 0. The zero-order valence-corrected chi connectivity index (χ0v) is 12.0. The molecular weight excluding hydrogens is 278 g/mol. The number of rotatable bonds is 3. The number of carbonyl (C=O) groups is 3. The molecule has 2 rings (SSSR count). The molecule has 2 aliphatic heterocycles. The maximum absolute atomic E-state index is 12.5. The normalized spacial score (nSPS) is 27.4. The summed E-state index contributed by atoms with van der Waals surface area (Å²) in [5, 5.41) is 21.1. The van der Waals surface area contributed by atoms with Crippen LogP contribution in [0, 0.1) is 5.92 Å². The SMILES string of the molecule is CC(O)C1CCN(C(=O)N2CCNC(=O)C2CC(=O)O)C1. The lowest BCUT2D eigenvalue weighted by Crippen LogP contribution is -2.60. The molecular formula is C13H21N3O5. The highest BCUT2D eigenvalue weighted by Crippen LogP contribution is 2.22. The Balaban J connectivity index is 2.05. The topological polar surface area (TPSA) is 110 Å². The summed E-state index contributed by atoms with van der Waals surface area (Å²) in [6.07, 6.45) is -0.166. The second kappa shape index (κ2) is 6.30. The number of nitrogens with zero attached hydrogens (tertiary/aromatic N) is 2. The van der Waals surface area contributed by atoms with E-state index < -0.39 is 30.4 Å². The highest BCUT2D eigenvalue weighted by Gasteiger charge is 2.39. The van der Waals surface area contributed by atoms with Gasteiger partial charge in [-0.3, -0.25) is 9.59 Å². The van der Waals surface area contributed by atoms with Gasteiger partial charge >= 0.3 is 12.0 Å². The molecule has 2 heterocycles. The fourth-order valence-electron chi connectivity index (χ4n) is 2.85. The molecule has 3 unspecified atom stereocenters. The monoisotopic (exact) mass is 299 g/mol. The van der Waals surface area contributed by atoms with E-state index in [0.29, 0.717) is 32.6 Å². The third-order valence-corrected chi connectivity index (χ3v) is 4.12. The van der Waals surface area contributed by atoms with E-state index in [-0.39, 0.29) is 11.9 Å². The van der Waals surface area contributed by atoms with Crippen molar-refractivity contribution in [1.29, 1.82) is 0 Å². The van der Waals surface area contributed by atoms with Gasteiger partial charge in [0.2, 0.25) is 5.91 Å². The number of hydrogen-bond acceptors (Lipinski definition) is 4. The second-order valence-electron chi connectivity index (χ2n) is 5.62. The van der Waals surface area contributed by atoms with Crippen LogP contribution in [0.25, 0.3) is 0 Å². The van der Waals surface area contributed by atoms with E-state index in [1.807, 2.05) is 0 Å². The molecule has 0 radical (unpaired) electrons. The van der Waals surface area contributed by atoms with Crippen molar-refractivity contribution in [1.82, 2.24) is 15.1 Å². The number of carboxylic acids is 1. The minimum Gasteiger partial charge on any atom is -0.481 e. The molecule has 0 bridgehead atoms. The Hall–Kier alpha value is -1.83. The Bertz CT molecular complexity index is 440. The van der Waals surface area contributed by atoms with Crippen molar-refractivity contribution < 1.29 is 24.6 Å². The fraction of sp³-hybridized carbons (Fsp3) is 0.769. The maximum Gasteiger partial charge on any atom is 0.320 e. The van der Waals surface area contributed by atoms with Crippen LogP contribution in [0.4, 0.5) is 4.79 Å². The molecule has 2 saturated heterocycles. The third-order valence-electron chi connectivity index (χ3n) is 4.12. The van der Waals surface area contributed by atoms with Gasteiger partial charge in [0.05, 0.1) is 12.5 Å². The van der Waals surface area contributed by atoms with Crippen LogP contribution < -0.4 is 5.32 Å². The first-order valence-electron chi connectivity index (χ1n) is 7.13. The molecule has 0 spiro atoms. The molecule has 2 aliphatic rings. The number of likely N-dealkylation sites (tertiary alicyclic amines) is 1. The molecule has 3 amide bonds. The lowest BCUT2D eigenvalue weighted by Gasteiger charge is -2.36. The summed E-state index contributed by atoms with van der Waals surface area (Å²) < 4.78 is 0. The molecule has 118 valence electrons. The van der Waals surface area contributed by atoms with Crippen LogP contribution in [0.3, 0.4) is 0 Å². The average Bonchev–Trinajstić information content (AvgIpc) is 2.89. The molecule has 0 aromatic heterocycles. The summed E-state index contributed by atoms with van der Waals surface area (Å²) in [6, 6.07) is -1.28. The Labute approximate surface area is 122 Å². The van der Waals surface area contributed by atoms with Crippen LogP contribution >= 0.6 is 0 Å². The Morgan fingerprint density at radius 2 is 2.14 bits per heavy atom. The zero-order chi connectivity index (χ0) is 15.6. The third kappa shape index (κ3) is 3.44. The number of aliphatic hydroxyl groups is 1. The van der Waals surface area contributed by atoms with Crippen molar-refractivity contribution in [3.05, 3.63) is 0 Å². The smallest absolute Gasteiger partial charge is 0.320 e. The zero-order valence-electron chi connectivity index (χ0n) is 12.0. The van der Waals surface area contributed by atoms with E-state index in [2.05, 4.69) is 5.32 Å². The quantitative estimate of drug-likeness (QED) is 0.624. The van der Waals surface area contributed by atoms with Gasteiger partial charge in [0.25, 0.3) is 0 Å². The molecule has 3 N–H and O–H groups in total. The molecule has 8 heteroatoms. The first-order valence-corrected chi connectivity index (χ1v) is 7.13. The Morgan fingerprint density at radius 3 is 2.71 bits per heavy atom. The van der Waals surface area contributed by atoms with Crippen LogP contribution in [0.15, 0.2) is 0 Å². The molecule has 0 aliphatic carbocycles. The van der Waals surface area contributed by atoms with Crippen LogP contribution in [0.5, 0.6) is 0 Å². The Morgan fingerprint density at radius 1 is 1.43 bits per heavy atom. The van der Waals surface area contributed by atoms with E-state index in [0.717, 1.165) is 0 Å². The van der Waals surface area contributed by atoms with Gasteiger partial charge in [-0.1, -0.05) is 0 Å². The summed E-state index contributed by atoms with van der Waals surface area (Å²) in [5.41, 5.74) is 0.